The first kappa shape index (κ1) is 13.4. The highest BCUT2D eigenvalue weighted by Gasteiger charge is 2.26. The Hall–Kier alpha value is -1.07. The Labute approximate surface area is 118 Å². The number of nitrogens with zero attached hydrogens (tertiary/aromatic N) is 3. The zero-order valence-electron chi connectivity index (χ0n) is 10.8. The molecule has 1 heterocycles. The Morgan fingerprint density at radius 1 is 1.39 bits per heavy atom. The van der Waals surface area contributed by atoms with Crippen molar-refractivity contribution in [2.75, 3.05) is 25.6 Å². The molecule has 0 aliphatic carbocycles. The van der Waals surface area contributed by atoms with Crippen LogP contribution in [0.15, 0.2) is 35.4 Å². The van der Waals surface area contributed by atoms with Crippen LogP contribution in [-0.4, -0.2) is 40.8 Å². The smallest absolute Gasteiger partial charge is 0.136 e. The van der Waals surface area contributed by atoms with E-state index in [9.17, 15) is 0 Å². The number of anilines is 1. The van der Waals surface area contributed by atoms with Crippen molar-refractivity contribution in [3.8, 4) is 0 Å². The fraction of sp³-hybridized carbons (Fsp3) is 0.385. The third-order valence-corrected chi connectivity index (χ3v) is 4.74. The molecular formula is C13H17N3S2. The molecule has 0 aromatic heterocycles. The minimum absolute atomic E-state index is 0.347. The molecule has 1 aromatic rings. The SMILES string of the molecule is CC1=NN(c2ccccc2)CC1SC(=S)N(C)C. The first-order valence-electron chi connectivity index (χ1n) is 5.83. The number of para-hydroxylation sites is 1. The number of benzene rings is 1. The predicted molar refractivity (Wildman–Crippen MR) is 84.6 cm³/mol. The lowest BCUT2D eigenvalue weighted by Gasteiger charge is -2.18. The van der Waals surface area contributed by atoms with Gasteiger partial charge in [-0.3, -0.25) is 5.01 Å². The Kier molecular flexibility index (Phi) is 4.24. The molecule has 1 aromatic carbocycles. The summed E-state index contributed by atoms with van der Waals surface area (Å²) in [5, 5.41) is 7.00. The standard InChI is InChI=1S/C13H17N3S2/c1-10-12(18-13(17)15(2)3)9-16(14-10)11-7-5-4-6-8-11/h4-8,12H,9H2,1-3H3. The molecule has 96 valence electrons. The van der Waals surface area contributed by atoms with Gasteiger partial charge in [-0.2, -0.15) is 5.10 Å². The zero-order valence-corrected chi connectivity index (χ0v) is 12.5. The zero-order chi connectivity index (χ0) is 13.1. The van der Waals surface area contributed by atoms with Gasteiger partial charge in [0.1, 0.15) is 4.32 Å². The number of thiocarbonyl (C=S) groups is 1. The highest BCUT2D eigenvalue weighted by molar-refractivity contribution is 8.23. The minimum Gasteiger partial charge on any atom is -0.364 e. The van der Waals surface area contributed by atoms with Gasteiger partial charge in [-0.05, 0) is 19.1 Å². The van der Waals surface area contributed by atoms with E-state index in [1.807, 2.05) is 42.2 Å². The van der Waals surface area contributed by atoms with E-state index in [0.29, 0.717) is 5.25 Å². The van der Waals surface area contributed by atoms with Crippen LogP contribution in [0.1, 0.15) is 6.92 Å². The Morgan fingerprint density at radius 3 is 2.67 bits per heavy atom. The molecule has 2 rings (SSSR count). The monoisotopic (exact) mass is 279 g/mol. The van der Waals surface area contributed by atoms with Crippen LogP contribution in [-0.2, 0) is 0 Å². The van der Waals surface area contributed by atoms with Gasteiger partial charge in [-0.25, -0.2) is 0 Å². The molecule has 0 fully saturated rings. The number of rotatable bonds is 2. The van der Waals surface area contributed by atoms with Gasteiger partial charge in [-0.1, -0.05) is 42.2 Å². The summed E-state index contributed by atoms with van der Waals surface area (Å²) in [7, 11) is 3.96. The van der Waals surface area contributed by atoms with Gasteiger partial charge in [0.25, 0.3) is 0 Å². The summed E-state index contributed by atoms with van der Waals surface area (Å²) in [5.74, 6) is 0. The largest absolute Gasteiger partial charge is 0.364 e. The molecule has 1 unspecified atom stereocenters. The highest BCUT2D eigenvalue weighted by atomic mass is 32.2. The average Bonchev–Trinajstić information content (AvgIpc) is 2.72. The third kappa shape index (κ3) is 3.03. The van der Waals surface area contributed by atoms with E-state index in [-0.39, 0.29) is 0 Å². The lowest BCUT2D eigenvalue weighted by molar-refractivity contribution is 0.647. The number of hydrogen-bond donors (Lipinski definition) is 0. The summed E-state index contributed by atoms with van der Waals surface area (Å²) in [5.41, 5.74) is 2.27. The number of hydrazone groups is 1. The van der Waals surface area contributed by atoms with E-state index in [1.54, 1.807) is 11.8 Å². The third-order valence-electron chi connectivity index (χ3n) is 2.75. The van der Waals surface area contributed by atoms with Crippen molar-refractivity contribution in [1.82, 2.24) is 4.90 Å². The summed E-state index contributed by atoms with van der Waals surface area (Å²) < 4.78 is 0.907. The molecule has 0 radical (unpaired) electrons. The normalized spacial score (nSPS) is 18.7. The van der Waals surface area contributed by atoms with Gasteiger partial charge in [0, 0.05) is 14.1 Å². The second-order valence-electron chi connectivity index (χ2n) is 4.43. The lowest BCUT2D eigenvalue weighted by Crippen LogP contribution is -2.26. The highest BCUT2D eigenvalue weighted by Crippen LogP contribution is 2.26. The second kappa shape index (κ2) is 5.71. The number of thioether (sulfide) groups is 1. The minimum atomic E-state index is 0.347. The lowest BCUT2D eigenvalue weighted by atomic mass is 10.3. The van der Waals surface area contributed by atoms with Crippen LogP contribution in [0.5, 0.6) is 0 Å². The van der Waals surface area contributed by atoms with Crippen molar-refractivity contribution in [1.29, 1.82) is 0 Å². The first-order chi connectivity index (χ1) is 8.58. The van der Waals surface area contributed by atoms with E-state index < -0.39 is 0 Å². The Morgan fingerprint density at radius 2 is 2.06 bits per heavy atom. The van der Waals surface area contributed by atoms with E-state index >= 15 is 0 Å². The van der Waals surface area contributed by atoms with Crippen LogP contribution in [0.25, 0.3) is 0 Å². The summed E-state index contributed by atoms with van der Waals surface area (Å²) in [6, 6.07) is 10.2. The van der Waals surface area contributed by atoms with Crippen molar-refractivity contribution < 1.29 is 0 Å². The van der Waals surface area contributed by atoms with Gasteiger partial charge in [-0.15, -0.1) is 0 Å². The van der Waals surface area contributed by atoms with Crippen LogP contribution in [0, 0.1) is 0 Å². The molecule has 0 saturated carbocycles. The molecular weight excluding hydrogens is 262 g/mol. The molecule has 0 N–H and O–H groups in total. The fourth-order valence-electron chi connectivity index (χ4n) is 1.70. The summed E-state index contributed by atoms with van der Waals surface area (Å²) >= 11 is 7.04. The predicted octanol–water partition coefficient (Wildman–Crippen LogP) is 2.83. The molecule has 18 heavy (non-hydrogen) atoms. The Balaban J connectivity index is 2.04. The molecule has 0 amide bonds. The topological polar surface area (TPSA) is 18.8 Å². The quantitative estimate of drug-likeness (QED) is 0.775. The maximum atomic E-state index is 5.34. The van der Waals surface area contributed by atoms with Gasteiger partial charge in [0.05, 0.1) is 23.2 Å². The fourth-order valence-corrected chi connectivity index (χ4v) is 2.93. The van der Waals surface area contributed by atoms with E-state index in [1.165, 1.54) is 0 Å². The maximum Gasteiger partial charge on any atom is 0.136 e. The van der Waals surface area contributed by atoms with Gasteiger partial charge >= 0.3 is 0 Å². The van der Waals surface area contributed by atoms with E-state index in [0.717, 1.165) is 22.3 Å². The maximum absolute atomic E-state index is 5.34. The van der Waals surface area contributed by atoms with E-state index in [2.05, 4.69) is 24.2 Å². The molecule has 1 aliphatic rings. The van der Waals surface area contributed by atoms with Crippen LogP contribution >= 0.6 is 24.0 Å². The van der Waals surface area contributed by atoms with Crippen molar-refractivity contribution in [3.05, 3.63) is 30.3 Å². The number of hydrogen-bond acceptors (Lipinski definition) is 4. The first-order valence-corrected chi connectivity index (χ1v) is 7.12. The van der Waals surface area contributed by atoms with Crippen molar-refractivity contribution in [2.24, 2.45) is 5.10 Å². The summed E-state index contributed by atoms with van der Waals surface area (Å²) in [6.07, 6.45) is 0. The molecule has 3 nitrogen and oxygen atoms in total. The van der Waals surface area contributed by atoms with E-state index in [4.69, 9.17) is 12.2 Å². The molecule has 0 saturated heterocycles. The van der Waals surface area contributed by atoms with Crippen LogP contribution in [0.3, 0.4) is 0 Å². The van der Waals surface area contributed by atoms with Crippen LogP contribution in [0.2, 0.25) is 0 Å². The second-order valence-corrected chi connectivity index (χ2v) is 6.26. The van der Waals surface area contributed by atoms with Crippen molar-refractivity contribution in [3.63, 3.8) is 0 Å². The van der Waals surface area contributed by atoms with Gasteiger partial charge in [0.15, 0.2) is 0 Å². The average molecular weight is 279 g/mol. The van der Waals surface area contributed by atoms with Crippen molar-refractivity contribution >= 4 is 39.7 Å². The van der Waals surface area contributed by atoms with Gasteiger partial charge < -0.3 is 4.90 Å². The summed E-state index contributed by atoms with van der Waals surface area (Å²) in [4.78, 5) is 1.97. The molecule has 0 bridgehead atoms. The molecule has 1 aliphatic heterocycles. The molecule has 0 spiro atoms. The van der Waals surface area contributed by atoms with Crippen LogP contribution in [0.4, 0.5) is 5.69 Å². The summed E-state index contributed by atoms with van der Waals surface area (Å²) in [6.45, 7) is 2.95. The van der Waals surface area contributed by atoms with Gasteiger partial charge in [0.2, 0.25) is 0 Å². The van der Waals surface area contributed by atoms with Crippen molar-refractivity contribution in [2.45, 2.75) is 12.2 Å². The van der Waals surface area contributed by atoms with Crippen LogP contribution < -0.4 is 5.01 Å². The molecule has 1 atom stereocenters. The molecule has 5 heteroatoms. The Bertz CT molecular complexity index is 457.